The van der Waals surface area contributed by atoms with Crippen LogP contribution in [0.25, 0.3) is 10.9 Å². The van der Waals surface area contributed by atoms with Crippen molar-refractivity contribution < 1.29 is 14.6 Å². The lowest BCUT2D eigenvalue weighted by molar-refractivity contribution is -0.120. The van der Waals surface area contributed by atoms with Gasteiger partial charge in [0.05, 0.1) is 5.52 Å². The molecule has 3 aromatic carbocycles. The summed E-state index contributed by atoms with van der Waals surface area (Å²) in [6.07, 6.45) is 1.76. The van der Waals surface area contributed by atoms with Gasteiger partial charge in [-0.15, -0.1) is 10.2 Å². The highest BCUT2D eigenvalue weighted by Crippen LogP contribution is 2.39. The minimum Gasteiger partial charge on any atom is -0.493 e. The Kier molecular flexibility index (Phi) is 6.60. The molecule has 0 radical (unpaired) electrons. The smallest absolute Gasteiger partial charge is 0.302 e. The number of ether oxygens (including phenoxy) is 1. The second kappa shape index (κ2) is 9.92. The van der Waals surface area contributed by atoms with Crippen molar-refractivity contribution >= 4 is 22.5 Å². The predicted molar refractivity (Wildman–Crippen MR) is 125 cm³/mol. The van der Waals surface area contributed by atoms with Crippen molar-refractivity contribution in [2.45, 2.75) is 26.3 Å². The summed E-state index contributed by atoms with van der Waals surface area (Å²) in [7, 11) is 0. The summed E-state index contributed by atoms with van der Waals surface area (Å²) < 4.78 is 7.28. The van der Waals surface area contributed by atoms with E-state index in [2.05, 4.69) is 22.4 Å². The lowest BCUT2D eigenvalue weighted by Gasteiger charge is -2.07. The van der Waals surface area contributed by atoms with Gasteiger partial charge >= 0.3 is 5.91 Å². The Hall–Kier alpha value is -3.93. The maximum Gasteiger partial charge on any atom is 0.302 e. The van der Waals surface area contributed by atoms with Crippen LogP contribution in [-0.2, 0) is 17.8 Å². The standard InChI is InChI=1S/C26H25N3O3/c1-19-13-15-21(16-14-19)32-18-24(30)27-28-25-22-11-5-6-12-23(22)29(26(25)31)17-7-10-20-8-3-2-4-9-20/h2-6,8-9,11-16,31H,7,10,17-18H2,1H3. The molecule has 0 atom stereocenters. The van der Waals surface area contributed by atoms with E-state index in [-0.39, 0.29) is 12.5 Å². The highest BCUT2D eigenvalue weighted by molar-refractivity contribution is 5.95. The van der Waals surface area contributed by atoms with E-state index in [9.17, 15) is 9.90 Å². The Morgan fingerprint density at radius 3 is 2.47 bits per heavy atom. The maximum absolute atomic E-state index is 12.2. The van der Waals surface area contributed by atoms with Crippen LogP contribution in [0.1, 0.15) is 17.5 Å². The number of rotatable bonds is 8. The third-order valence-corrected chi connectivity index (χ3v) is 5.25. The average Bonchev–Trinajstić information content (AvgIpc) is 3.09. The highest BCUT2D eigenvalue weighted by atomic mass is 16.5. The Morgan fingerprint density at radius 1 is 0.969 bits per heavy atom. The molecular weight excluding hydrogens is 402 g/mol. The van der Waals surface area contributed by atoms with Crippen molar-refractivity contribution in [1.82, 2.24) is 4.57 Å². The summed E-state index contributed by atoms with van der Waals surface area (Å²) in [4.78, 5) is 12.2. The molecule has 1 amide bonds. The number of aromatic nitrogens is 1. The van der Waals surface area contributed by atoms with Crippen LogP contribution in [0, 0.1) is 6.92 Å². The van der Waals surface area contributed by atoms with Crippen LogP contribution in [0.15, 0.2) is 89.1 Å². The van der Waals surface area contributed by atoms with Crippen LogP contribution < -0.4 is 4.74 Å². The van der Waals surface area contributed by atoms with Gasteiger partial charge < -0.3 is 14.4 Å². The minimum absolute atomic E-state index is 0.00950. The zero-order valence-electron chi connectivity index (χ0n) is 17.9. The summed E-state index contributed by atoms with van der Waals surface area (Å²) in [6, 6.07) is 25.2. The van der Waals surface area contributed by atoms with Gasteiger partial charge in [0.2, 0.25) is 5.88 Å². The number of carbonyl (C=O) groups excluding carboxylic acids is 1. The number of aromatic hydroxyl groups is 1. The zero-order valence-corrected chi connectivity index (χ0v) is 17.9. The van der Waals surface area contributed by atoms with Gasteiger partial charge in [-0.2, -0.15) is 0 Å². The molecule has 0 saturated heterocycles. The van der Waals surface area contributed by atoms with Crippen LogP contribution in [0.5, 0.6) is 11.6 Å². The van der Waals surface area contributed by atoms with Crippen LogP contribution >= 0.6 is 0 Å². The monoisotopic (exact) mass is 427 g/mol. The van der Waals surface area contributed by atoms with Crippen molar-refractivity contribution in [1.29, 1.82) is 0 Å². The fourth-order valence-electron chi connectivity index (χ4n) is 3.60. The van der Waals surface area contributed by atoms with Gasteiger partial charge in [-0.25, -0.2) is 0 Å². The molecule has 0 bridgehead atoms. The molecule has 0 aliphatic carbocycles. The summed E-state index contributed by atoms with van der Waals surface area (Å²) in [6.45, 7) is 2.39. The number of hydrogen-bond acceptors (Lipinski definition) is 4. The lowest BCUT2D eigenvalue weighted by Crippen LogP contribution is -2.07. The Bertz CT molecular complexity index is 1230. The second-order valence-electron chi connectivity index (χ2n) is 7.63. The van der Waals surface area contributed by atoms with Crippen LogP contribution in [0.2, 0.25) is 0 Å². The fraction of sp³-hybridized carbons (Fsp3) is 0.192. The second-order valence-corrected chi connectivity index (χ2v) is 7.63. The van der Waals surface area contributed by atoms with Crippen LogP contribution in [-0.4, -0.2) is 22.2 Å². The summed E-state index contributed by atoms with van der Waals surface area (Å²) >= 11 is 0. The summed E-state index contributed by atoms with van der Waals surface area (Å²) in [5, 5.41) is 19.4. The molecule has 0 unspecified atom stereocenters. The third kappa shape index (κ3) is 5.03. The largest absolute Gasteiger partial charge is 0.493 e. The molecule has 1 aromatic heterocycles. The van der Waals surface area contributed by atoms with E-state index in [0.29, 0.717) is 18.0 Å². The molecule has 6 nitrogen and oxygen atoms in total. The van der Waals surface area contributed by atoms with Crippen molar-refractivity contribution in [3.05, 3.63) is 90.0 Å². The van der Waals surface area contributed by atoms with Gasteiger partial charge in [0, 0.05) is 11.9 Å². The molecular formula is C26H25N3O3. The number of azo groups is 1. The van der Waals surface area contributed by atoms with Gasteiger partial charge in [-0.05, 0) is 43.5 Å². The first kappa shape index (κ1) is 21.3. The average molecular weight is 428 g/mol. The lowest BCUT2D eigenvalue weighted by atomic mass is 10.1. The molecule has 0 aliphatic heterocycles. The van der Waals surface area contributed by atoms with E-state index >= 15 is 0 Å². The molecule has 162 valence electrons. The number of amides is 1. The summed E-state index contributed by atoms with van der Waals surface area (Å²) in [5.74, 6) is 0.0816. The molecule has 0 saturated carbocycles. The molecule has 0 fully saturated rings. The van der Waals surface area contributed by atoms with E-state index in [1.54, 1.807) is 12.1 Å². The van der Waals surface area contributed by atoms with E-state index in [0.717, 1.165) is 29.3 Å². The van der Waals surface area contributed by atoms with Gasteiger partial charge in [-0.3, -0.25) is 4.79 Å². The molecule has 6 heteroatoms. The molecule has 1 N–H and O–H groups in total. The zero-order chi connectivity index (χ0) is 22.3. The first-order valence-corrected chi connectivity index (χ1v) is 10.6. The molecule has 4 aromatic rings. The van der Waals surface area contributed by atoms with Gasteiger partial charge in [0.15, 0.2) is 12.3 Å². The fourth-order valence-corrected chi connectivity index (χ4v) is 3.60. The number of benzene rings is 3. The molecule has 1 heterocycles. The normalized spacial score (nSPS) is 11.3. The third-order valence-electron chi connectivity index (χ3n) is 5.25. The van der Waals surface area contributed by atoms with Crippen LogP contribution in [0.3, 0.4) is 0 Å². The number of fused-ring (bicyclic) bond motifs is 1. The van der Waals surface area contributed by atoms with Crippen molar-refractivity contribution in [3.8, 4) is 11.6 Å². The Labute approximate surface area is 186 Å². The molecule has 32 heavy (non-hydrogen) atoms. The first-order valence-electron chi connectivity index (χ1n) is 10.6. The minimum atomic E-state index is -0.522. The van der Waals surface area contributed by atoms with Crippen molar-refractivity contribution in [2.24, 2.45) is 10.2 Å². The highest BCUT2D eigenvalue weighted by Gasteiger charge is 2.16. The van der Waals surface area contributed by atoms with E-state index in [4.69, 9.17) is 4.74 Å². The van der Waals surface area contributed by atoms with Gasteiger partial charge in [0.1, 0.15) is 5.75 Å². The maximum atomic E-state index is 12.2. The van der Waals surface area contributed by atoms with Gasteiger partial charge in [-0.1, -0.05) is 66.2 Å². The van der Waals surface area contributed by atoms with E-state index < -0.39 is 5.91 Å². The van der Waals surface area contributed by atoms with Crippen LogP contribution in [0.4, 0.5) is 5.69 Å². The molecule has 4 rings (SSSR count). The first-order chi connectivity index (χ1) is 15.6. The van der Waals surface area contributed by atoms with E-state index in [1.807, 2.05) is 66.1 Å². The number of aryl methyl sites for hydroxylation is 3. The topological polar surface area (TPSA) is 76.2 Å². The number of hydrogen-bond donors (Lipinski definition) is 1. The number of nitrogens with zero attached hydrogens (tertiary/aromatic N) is 3. The van der Waals surface area contributed by atoms with E-state index in [1.165, 1.54) is 5.56 Å². The van der Waals surface area contributed by atoms with Crippen molar-refractivity contribution in [2.75, 3.05) is 6.61 Å². The molecule has 0 spiro atoms. The van der Waals surface area contributed by atoms with Gasteiger partial charge in [0.25, 0.3) is 0 Å². The Morgan fingerprint density at radius 2 is 1.69 bits per heavy atom. The molecule has 0 aliphatic rings. The predicted octanol–water partition coefficient (Wildman–Crippen LogP) is 5.98. The Balaban J connectivity index is 1.46. The summed E-state index contributed by atoms with van der Waals surface area (Å²) in [5.41, 5.74) is 3.51. The SMILES string of the molecule is Cc1ccc(OCC(=O)N=Nc2c(O)n(CCCc3ccccc3)c3ccccc23)cc1. The number of carbonyl (C=O) groups is 1. The van der Waals surface area contributed by atoms with Crippen molar-refractivity contribution in [3.63, 3.8) is 0 Å². The number of para-hydroxylation sites is 1. The quantitative estimate of drug-likeness (QED) is 0.352.